The van der Waals surface area contributed by atoms with Gasteiger partial charge in [0.05, 0.1) is 0 Å². The van der Waals surface area contributed by atoms with Gasteiger partial charge in [0.1, 0.15) is 23.4 Å². The third kappa shape index (κ3) is 14.5. The van der Waals surface area contributed by atoms with E-state index in [0.29, 0.717) is 31.6 Å². The summed E-state index contributed by atoms with van der Waals surface area (Å²) in [7, 11) is 0. The normalized spacial score (nSPS) is 13.4. The zero-order valence-corrected chi connectivity index (χ0v) is 24.0. The molecule has 37 heavy (non-hydrogen) atoms. The standard InChI is InChI=1S/C26H38IN3O7/c1-6-22(27)36-19-13-11-18(12-14-19)16-21(29-17(2)31)23(32)30-20(24(33)34)10-8-7-9-15-28-25(35)37-26(3,4)5/h6,11-14,20-22H,1,7-10,15-16H2,2-5H3,(H,28,35)(H,29,31)(H,30,32)(H,33,34)/t20-,21-,22-/m0/s1. The minimum atomic E-state index is -1.15. The summed E-state index contributed by atoms with van der Waals surface area (Å²) in [4.78, 5) is 48.0. The van der Waals surface area contributed by atoms with E-state index in [1.54, 1.807) is 51.1 Å². The van der Waals surface area contributed by atoms with Gasteiger partial charge >= 0.3 is 12.1 Å². The first-order valence-electron chi connectivity index (χ1n) is 12.1. The molecule has 0 aliphatic carbocycles. The number of nitrogens with one attached hydrogen (secondary N) is 3. The number of benzene rings is 1. The van der Waals surface area contributed by atoms with E-state index >= 15 is 0 Å². The van der Waals surface area contributed by atoms with Gasteiger partial charge in [-0.25, -0.2) is 9.59 Å². The van der Waals surface area contributed by atoms with Crippen LogP contribution in [0.5, 0.6) is 5.75 Å². The lowest BCUT2D eigenvalue weighted by molar-refractivity contribution is -0.142. The monoisotopic (exact) mass is 631 g/mol. The Labute approximate surface area is 232 Å². The van der Waals surface area contributed by atoms with Crippen LogP contribution in [0.3, 0.4) is 0 Å². The first kappa shape index (κ1) is 32.2. The minimum Gasteiger partial charge on any atom is -0.480 e. The zero-order chi connectivity index (χ0) is 28.0. The molecule has 0 aromatic heterocycles. The SMILES string of the molecule is C=C[C@@H](I)Oc1ccc(C[C@H](NC(C)=O)C(=O)N[C@@H](CCCCCNC(=O)OC(C)(C)C)C(=O)O)cc1. The molecule has 0 fully saturated rings. The second-order valence-corrected chi connectivity index (χ2v) is 10.7. The van der Waals surface area contributed by atoms with Gasteiger partial charge in [-0.15, -0.1) is 0 Å². The number of hydrogen-bond donors (Lipinski definition) is 4. The molecule has 0 aliphatic rings. The van der Waals surface area contributed by atoms with Crippen molar-refractivity contribution in [2.75, 3.05) is 6.54 Å². The van der Waals surface area contributed by atoms with Crippen LogP contribution >= 0.6 is 22.6 Å². The Balaban J connectivity index is 2.61. The summed E-state index contributed by atoms with van der Waals surface area (Å²) in [5.74, 6) is -1.49. The predicted molar refractivity (Wildman–Crippen MR) is 149 cm³/mol. The number of ether oxygens (including phenoxy) is 2. The van der Waals surface area contributed by atoms with E-state index in [2.05, 4.69) is 45.1 Å². The van der Waals surface area contributed by atoms with Crippen LogP contribution in [-0.2, 0) is 25.5 Å². The van der Waals surface area contributed by atoms with Crippen LogP contribution in [0.1, 0.15) is 58.9 Å². The van der Waals surface area contributed by atoms with E-state index < -0.39 is 41.6 Å². The maximum Gasteiger partial charge on any atom is 0.407 e. The summed E-state index contributed by atoms with van der Waals surface area (Å²) >= 11 is 2.09. The summed E-state index contributed by atoms with van der Waals surface area (Å²) in [5, 5.41) is 17.4. The highest BCUT2D eigenvalue weighted by Crippen LogP contribution is 2.18. The first-order valence-corrected chi connectivity index (χ1v) is 13.3. The molecule has 0 saturated carbocycles. The van der Waals surface area contributed by atoms with Gasteiger partial charge in [0.2, 0.25) is 11.8 Å². The highest BCUT2D eigenvalue weighted by Gasteiger charge is 2.26. The first-order chi connectivity index (χ1) is 17.3. The highest BCUT2D eigenvalue weighted by atomic mass is 127. The number of carboxylic acids is 1. The summed E-state index contributed by atoms with van der Waals surface area (Å²) in [5.41, 5.74) is 0.197. The average Bonchev–Trinajstić information content (AvgIpc) is 2.79. The Hall–Kier alpha value is -2.83. The third-order valence-electron chi connectivity index (χ3n) is 4.94. The fraction of sp³-hybridized carbons (Fsp3) is 0.538. The number of carboxylic acid groups (broad SMARTS) is 1. The smallest absolute Gasteiger partial charge is 0.407 e. The van der Waals surface area contributed by atoms with Crippen molar-refractivity contribution in [2.24, 2.45) is 0 Å². The summed E-state index contributed by atoms with van der Waals surface area (Å²) in [6.45, 7) is 10.7. The maximum atomic E-state index is 12.9. The fourth-order valence-electron chi connectivity index (χ4n) is 3.26. The maximum absolute atomic E-state index is 12.9. The Morgan fingerprint density at radius 1 is 1.05 bits per heavy atom. The van der Waals surface area contributed by atoms with Crippen molar-refractivity contribution in [1.82, 2.24) is 16.0 Å². The van der Waals surface area contributed by atoms with E-state index in [4.69, 9.17) is 9.47 Å². The van der Waals surface area contributed by atoms with Gasteiger partial charge in [0.25, 0.3) is 0 Å². The van der Waals surface area contributed by atoms with Crippen LogP contribution in [-0.4, -0.2) is 57.3 Å². The van der Waals surface area contributed by atoms with Crippen molar-refractivity contribution >= 4 is 46.5 Å². The highest BCUT2D eigenvalue weighted by molar-refractivity contribution is 14.1. The second kappa shape index (κ2) is 16.1. The molecular formula is C26H38IN3O7. The number of alkyl halides is 1. The van der Waals surface area contributed by atoms with Crippen molar-refractivity contribution in [3.8, 4) is 5.75 Å². The number of alkyl carbamates (subject to hydrolysis) is 1. The van der Waals surface area contributed by atoms with Crippen LogP contribution in [0.2, 0.25) is 0 Å². The molecule has 0 unspecified atom stereocenters. The Kier molecular flexibility index (Phi) is 14.0. The van der Waals surface area contributed by atoms with E-state index in [-0.39, 0.29) is 17.0 Å². The summed E-state index contributed by atoms with van der Waals surface area (Å²) in [6.07, 6.45) is 3.38. The number of unbranched alkanes of at least 4 members (excludes halogenated alkanes) is 2. The molecule has 0 radical (unpaired) electrons. The zero-order valence-electron chi connectivity index (χ0n) is 21.8. The molecule has 0 bridgehead atoms. The van der Waals surface area contributed by atoms with Crippen molar-refractivity contribution in [3.63, 3.8) is 0 Å². The lowest BCUT2D eigenvalue weighted by Crippen LogP contribution is -2.52. The van der Waals surface area contributed by atoms with Crippen LogP contribution in [0.15, 0.2) is 36.9 Å². The van der Waals surface area contributed by atoms with Gasteiger partial charge < -0.3 is 30.5 Å². The topological polar surface area (TPSA) is 143 Å². The van der Waals surface area contributed by atoms with E-state index in [9.17, 15) is 24.3 Å². The number of carbonyl (C=O) groups is 4. The van der Waals surface area contributed by atoms with Crippen LogP contribution < -0.4 is 20.7 Å². The number of carbonyl (C=O) groups excluding carboxylic acids is 3. The molecule has 0 aliphatic heterocycles. The molecule has 206 valence electrons. The predicted octanol–water partition coefficient (Wildman–Crippen LogP) is 3.71. The number of rotatable bonds is 15. The number of hydrogen-bond acceptors (Lipinski definition) is 6. The van der Waals surface area contributed by atoms with Crippen LogP contribution in [0.25, 0.3) is 0 Å². The Morgan fingerprint density at radius 3 is 2.24 bits per heavy atom. The lowest BCUT2D eigenvalue weighted by Gasteiger charge is -2.21. The fourth-order valence-corrected chi connectivity index (χ4v) is 3.55. The molecular weight excluding hydrogens is 593 g/mol. The molecule has 11 heteroatoms. The Bertz CT molecular complexity index is 916. The molecule has 3 amide bonds. The third-order valence-corrected chi connectivity index (χ3v) is 5.71. The van der Waals surface area contributed by atoms with Gasteiger partial charge in [-0.05, 0) is 80.0 Å². The van der Waals surface area contributed by atoms with Crippen LogP contribution in [0.4, 0.5) is 4.79 Å². The van der Waals surface area contributed by atoms with Gasteiger partial charge in [-0.1, -0.05) is 31.6 Å². The second-order valence-electron chi connectivity index (χ2n) is 9.48. The molecule has 0 saturated heterocycles. The quantitative estimate of drug-likeness (QED) is 0.100. The van der Waals surface area contributed by atoms with Crippen molar-refractivity contribution in [1.29, 1.82) is 0 Å². The minimum absolute atomic E-state index is 0.184. The summed E-state index contributed by atoms with van der Waals surface area (Å²) in [6, 6.07) is 5.04. The van der Waals surface area contributed by atoms with Gasteiger partial charge in [-0.2, -0.15) is 0 Å². The molecule has 10 nitrogen and oxygen atoms in total. The van der Waals surface area contributed by atoms with Crippen LogP contribution in [0, 0.1) is 0 Å². The molecule has 0 heterocycles. The van der Waals surface area contributed by atoms with Gasteiger partial charge in [0, 0.05) is 19.9 Å². The molecule has 3 atom stereocenters. The molecule has 1 aromatic rings. The number of halogens is 1. The molecule has 0 spiro atoms. The summed E-state index contributed by atoms with van der Waals surface area (Å²) < 4.78 is 10.6. The molecule has 1 rings (SSSR count). The molecule has 1 aromatic carbocycles. The molecule has 4 N–H and O–H groups in total. The largest absolute Gasteiger partial charge is 0.480 e. The van der Waals surface area contributed by atoms with Gasteiger partial charge in [0.15, 0.2) is 4.11 Å². The number of aliphatic carboxylic acids is 1. The van der Waals surface area contributed by atoms with Crippen molar-refractivity contribution < 1.29 is 33.8 Å². The Morgan fingerprint density at radius 2 is 1.70 bits per heavy atom. The van der Waals surface area contributed by atoms with E-state index in [0.717, 1.165) is 5.56 Å². The average molecular weight is 632 g/mol. The van der Waals surface area contributed by atoms with Crippen molar-refractivity contribution in [2.45, 2.75) is 81.6 Å². The van der Waals surface area contributed by atoms with E-state index in [1.165, 1.54) is 6.92 Å². The number of amides is 3. The lowest BCUT2D eigenvalue weighted by atomic mass is 10.0. The van der Waals surface area contributed by atoms with Gasteiger partial charge in [-0.3, -0.25) is 9.59 Å². The van der Waals surface area contributed by atoms with E-state index in [1.807, 2.05) is 0 Å². The van der Waals surface area contributed by atoms with Crippen molar-refractivity contribution in [3.05, 3.63) is 42.5 Å².